The second-order valence-corrected chi connectivity index (χ2v) is 3.94. The average Bonchev–Trinajstić information content (AvgIpc) is 2.36. The third kappa shape index (κ3) is 6.44. The van der Waals surface area contributed by atoms with Crippen LogP contribution in [0.15, 0.2) is 12.7 Å². The third-order valence-electron chi connectivity index (χ3n) is 2.32. The molecule has 0 atom stereocenters. The Balaban J connectivity index is 4.84. The van der Waals surface area contributed by atoms with Gasteiger partial charge >= 0.3 is 12.0 Å². The van der Waals surface area contributed by atoms with Crippen molar-refractivity contribution < 1.29 is 19.5 Å². The standard InChI is InChI=1S/C12H21N3O4/c1-4-6-14(8-10(16)13-3)12(19)15(7-5-2)9-11(17)18/h5H,2,4,6-9H2,1,3H3,(H,13,16)(H,17,18). The zero-order valence-electron chi connectivity index (χ0n) is 11.4. The monoisotopic (exact) mass is 271 g/mol. The van der Waals surface area contributed by atoms with E-state index in [9.17, 15) is 14.4 Å². The van der Waals surface area contributed by atoms with Crippen molar-refractivity contribution in [2.75, 3.05) is 33.2 Å². The van der Waals surface area contributed by atoms with Gasteiger partial charge in [0.2, 0.25) is 5.91 Å². The molecule has 0 fully saturated rings. The SMILES string of the molecule is C=CCN(CC(=O)O)C(=O)N(CCC)CC(=O)NC. The predicted octanol–water partition coefficient (Wildman–Crippen LogP) is 0.137. The van der Waals surface area contributed by atoms with Crippen LogP contribution < -0.4 is 5.32 Å². The fraction of sp³-hybridized carbons (Fsp3) is 0.583. The van der Waals surface area contributed by atoms with Gasteiger partial charge in [-0.2, -0.15) is 0 Å². The Morgan fingerprint density at radius 3 is 2.32 bits per heavy atom. The van der Waals surface area contributed by atoms with Crippen molar-refractivity contribution in [2.24, 2.45) is 0 Å². The molecule has 0 aromatic carbocycles. The molecule has 7 heteroatoms. The van der Waals surface area contributed by atoms with E-state index in [1.54, 1.807) is 0 Å². The van der Waals surface area contributed by atoms with Crippen LogP contribution in [0.1, 0.15) is 13.3 Å². The first kappa shape index (κ1) is 16.9. The van der Waals surface area contributed by atoms with Crippen LogP contribution >= 0.6 is 0 Å². The summed E-state index contributed by atoms with van der Waals surface area (Å²) in [6.45, 7) is 5.37. The van der Waals surface area contributed by atoms with Gasteiger partial charge in [0.15, 0.2) is 0 Å². The number of urea groups is 1. The number of nitrogens with one attached hydrogen (secondary N) is 1. The first-order valence-corrected chi connectivity index (χ1v) is 6.03. The molecule has 0 unspecified atom stereocenters. The Hall–Kier alpha value is -2.05. The second-order valence-electron chi connectivity index (χ2n) is 3.94. The Kier molecular flexibility index (Phi) is 7.99. The molecule has 0 radical (unpaired) electrons. The summed E-state index contributed by atoms with van der Waals surface area (Å²) in [6, 6.07) is -0.479. The van der Waals surface area contributed by atoms with E-state index >= 15 is 0 Å². The number of amides is 3. The van der Waals surface area contributed by atoms with Gasteiger partial charge in [0, 0.05) is 20.1 Å². The molecule has 0 spiro atoms. The highest BCUT2D eigenvalue weighted by atomic mass is 16.4. The summed E-state index contributed by atoms with van der Waals surface area (Å²) in [5.74, 6) is -1.40. The van der Waals surface area contributed by atoms with Crippen LogP contribution in [0.25, 0.3) is 0 Å². The number of hydrogen-bond donors (Lipinski definition) is 2. The van der Waals surface area contributed by atoms with Crippen LogP contribution in [0.4, 0.5) is 4.79 Å². The average molecular weight is 271 g/mol. The number of likely N-dealkylation sites (N-methyl/N-ethyl adjacent to an activating group) is 1. The number of hydrogen-bond acceptors (Lipinski definition) is 3. The summed E-state index contributed by atoms with van der Waals surface area (Å²) in [6.07, 6.45) is 2.13. The van der Waals surface area contributed by atoms with Crippen LogP contribution in [0, 0.1) is 0 Å². The normalized spacial score (nSPS) is 9.58. The van der Waals surface area contributed by atoms with Crippen molar-refractivity contribution in [1.29, 1.82) is 0 Å². The highest BCUT2D eigenvalue weighted by Gasteiger charge is 2.23. The minimum absolute atomic E-state index is 0.0869. The van der Waals surface area contributed by atoms with E-state index in [0.717, 1.165) is 4.90 Å². The molecule has 0 saturated carbocycles. The molecule has 0 aliphatic heterocycles. The summed E-state index contributed by atoms with van der Waals surface area (Å²) < 4.78 is 0. The Morgan fingerprint density at radius 1 is 1.26 bits per heavy atom. The number of carbonyl (C=O) groups is 3. The summed E-state index contributed by atoms with van der Waals surface area (Å²) in [4.78, 5) is 36.7. The fourth-order valence-corrected chi connectivity index (χ4v) is 1.49. The minimum atomic E-state index is -1.11. The molecule has 108 valence electrons. The molecular weight excluding hydrogens is 250 g/mol. The first-order valence-electron chi connectivity index (χ1n) is 6.03. The van der Waals surface area contributed by atoms with Gasteiger partial charge in [-0.1, -0.05) is 13.0 Å². The van der Waals surface area contributed by atoms with Crippen LogP contribution in [0.5, 0.6) is 0 Å². The largest absolute Gasteiger partial charge is 0.480 e. The summed E-state index contributed by atoms with van der Waals surface area (Å²) in [5.41, 5.74) is 0. The maximum atomic E-state index is 12.2. The molecule has 2 N–H and O–H groups in total. The van der Waals surface area contributed by atoms with Gasteiger partial charge in [0.1, 0.15) is 13.1 Å². The number of rotatable bonds is 8. The van der Waals surface area contributed by atoms with Crippen molar-refractivity contribution in [3.63, 3.8) is 0 Å². The van der Waals surface area contributed by atoms with E-state index in [-0.39, 0.29) is 19.0 Å². The van der Waals surface area contributed by atoms with Gasteiger partial charge in [0.25, 0.3) is 0 Å². The summed E-state index contributed by atoms with van der Waals surface area (Å²) in [7, 11) is 1.48. The molecule has 0 rings (SSSR count). The zero-order chi connectivity index (χ0) is 14.8. The third-order valence-corrected chi connectivity index (χ3v) is 2.32. The summed E-state index contributed by atoms with van der Waals surface area (Å²) >= 11 is 0. The Morgan fingerprint density at radius 2 is 1.89 bits per heavy atom. The lowest BCUT2D eigenvalue weighted by molar-refractivity contribution is -0.137. The first-order chi connectivity index (χ1) is 8.96. The molecule has 0 saturated heterocycles. The molecule has 7 nitrogen and oxygen atoms in total. The molecule has 0 aliphatic carbocycles. The molecule has 0 heterocycles. The summed E-state index contributed by atoms with van der Waals surface area (Å²) in [5, 5.41) is 11.2. The lowest BCUT2D eigenvalue weighted by Crippen LogP contribution is -2.48. The number of nitrogens with zero attached hydrogens (tertiary/aromatic N) is 2. The van der Waals surface area contributed by atoms with E-state index < -0.39 is 18.5 Å². The predicted molar refractivity (Wildman–Crippen MR) is 70.7 cm³/mol. The topological polar surface area (TPSA) is 90.0 Å². The van der Waals surface area contributed by atoms with Gasteiger partial charge < -0.3 is 20.2 Å². The van der Waals surface area contributed by atoms with Gasteiger partial charge in [-0.25, -0.2) is 4.79 Å². The highest BCUT2D eigenvalue weighted by molar-refractivity contribution is 5.85. The van der Waals surface area contributed by atoms with Gasteiger partial charge in [-0.3, -0.25) is 9.59 Å². The maximum Gasteiger partial charge on any atom is 0.323 e. The molecule has 3 amide bonds. The van der Waals surface area contributed by atoms with E-state index in [2.05, 4.69) is 11.9 Å². The number of carboxylic acid groups (broad SMARTS) is 1. The fourth-order valence-electron chi connectivity index (χ4n) is 1.49. The zero-order valence-corrected chi connectivity index (χ0v) is 11.4. The lowest BCUT2D eigenvalue weighted by atomic mass is 10.4. The van der Waals surface area contributed by atoms with E-state index in [4.69, 9.17) is 5.11 Å². The van der Waals surface area contributed by atoms with Crippen molar-refractivity contribution in [2.45, 2.75) is 13.3 Å². The molecule has 19 heavy (non-hydrogen) atoms. The molecule has 0 aromatic heterocycles. The van der Waals surface area contributed by atoms with Crippen molar-refractivity contribution in [3.8, 4) is 0 Å². The van der Waals surface area contributed by atoms with Crippen LogP contribution in [-0.4, -0.2) is 66.0 Å². The number of aliphatic carboxylic acids is 1. The van der Waals surface area contributed by atoms with Crippen LogP contribution in [0.2, 0.25) is 0 Å². The van der Waals surface area contributed by atoms with Crippen LogP contribution in [-0.2, 0) is 9.59 Å². The Bertz CT molecular complexity index is 344. The van der Waals surface area contributed by atoms with Crippen molar-refractivity contribution >= 4 is 17.9 Å². The number of carboxylic acids is 1. The highest BCUT2D eigenvalue weighted by Crippen LogP contribution is 2.01. The quantitative estimate of drug-likeness (QED) is 0.614. The van der Waals surface area contributed by atoms with E-state index in [1.807, 2.05) is 6.92 Å². The van der Waals surface area contributed by atoms with Crippen LogP contribution in [0.3, 0.4) is 0 Å². The van der Waals surface area contributed by atoms with Gasteiger partial charge in [0.05, 0.1) is 0 Å². The molecule has 0 aromatic rings. The molecule has 0 aliphatic rings. The minimum Gasteiger partial charge on any atom is -0.480 e. The van der Waals surface area contributed by atoms with Gasteiger partial charge in [-0.15, -0.1) is 6.58 Å². The van der Waals surface area contributed by atoms with E-state index in [1.165, 1.54) is 18.0 Å². The molecule has 0 bridgehead atoms. The smallest absolute Gasteiger partial charge is 0.323 e. The van der Waals surface area contributed by atoms with Crippen molar-refractivity contribution in [1.82, 2.24) is 15.1 Å². The lowest BCUT2D eigenvalue weighted by Gasteiger charge is -2.28. The maximum absolute atomic E-state index is 12.2. The second kappa shape index (κ2) is 8.96. The van der Waals surface area contributed by atoms with Gasteiger partial charge in [-0.05, 0) is 6.42 Å². The Labute approximate surface area is 112 Å². The van der Waals surface area contributed by atoms with E-state index in [0.29, 0.717) is 13.0 Å². The van der Waals surface area contributed by atoms with Crippen molar-refractivity contribution in [3.05, 3.63) is 12.7 Å². The number of carbonyl (C=O) groups excluding carboxylic acids is 2. The molecular formula is C12H21N3O4.